The zero-order chi connectivity index (χ0) is 21.9. The van der Waals surface area contributed by atoms with Gasteiger partial charge in [0.15, 0.2) is 0 Å². The Kier molecular flexibility index (Phi) is 5.24. The van der Waals surface area contributed by atoms with Gasteiger partial charge in [-0.25, -0.2) is 5.01 Å². The van der Waals surface area contributed by atoms with Crippen molar-refractivity contribution in [3.8, 4) is 0 Å². The van der Waals surface area contributed by atoms with Crippen molar-refractivity contribution >= 4 is 52.5 Å². The van der Waals surface area contributed by atoms with Gasteiger partial charge < -0.3 is 0 Å². The summed E-state index contributed by atoms with van der Waals surface area (Å²) in [6, 6.07) is 11.6. The van der Waals surface area contributed by atoms with Gasteiger partial charge in [0.2, 0.25) is 0 Å². The molecule has 2 aromatic carbocycles. The predicted molar refractivity (Wildman–Crippen MR) is 117 cm³/mol. The van der Waals surface area contributed by atoms with Gasteiger partial charge in [-0.15, -0.1) is 0 Å². The molecule has 1 saturated heterocycles. The lowest BCUT2D eigenvalue weighted by Crippen LogP contribution is -2.50. The van der Waals surface area contributed by atoms with E-state index in [1.54, 1.807) is 42.5 Å². The number of hydrogen-bond donors (Lipinski definition) is 0. The Morgan fingerprint density at radius 2 is 1.55 bits per heavy atom. The molecule has 5 rings (SSSR count). The Bertz CT molecular complexity index is 1080. The highest BCUT2D eigenvalue weighted by molar-refractivity contribution is 6.42. The van der Waals surface area contributed by atoms with E-state index in [2.05, 4.69) is 0 Å². The second-order valence-corrected chi connectivity index (χ2v) is 9.69. The third kappa shape index (κ3) is 3.34. The monoisotopic (exact) mass is 476 g/mol. The van der Waals surface area contributed by atoms with Gasteiger partial charge >= 0.3 is 0 Å². The summed E-state index contributed by atoms with van der Waals surface area (Å²) >= 11 is 18.5. The van der Waals surface area contributed by atoms with Crippen LogP contribution in [0.3, 0.4) is 0 Å². The molecule has 8 heteroatoms. The van der Waals surface area contributed by atoms with E-state index in [1.807, 2.05) is 0 Å². The molecule has 31 heavy (non-hydrogen) atoms. The summed E-state index contributed by atoms with van der Waals surface area (Å²) in [6.45, 7) is -0.00675. The topological polar surface area (TPSA) is 57.7 Å². The van der Waals surface area contributed by atoms with E-state index in [0.29, 0.717) is 15.6 Å². The van der Waals surface area contributed by atoms with Gasteiger partial charge in [0.1, 0.15) is 0 Å². The molecule has 1 heterocycles. The first kappa shape index (κ1) is 20.8. The van der Waals surface area contributed by atoms with Crippen LogP contribution < -0.4 is 0 Å². The summed E-state index contributed by atoms with van der Waals surface area (Å²) < 4.78 is 0. The van der Waals surface area contributed by atoms with Crippen molar-refractivity contribution < 1.29 is 14.4 Å². The fraction of sp³-hybridized carbons (Fsp3) is 0.348. The number of carbonyl (C=O) groups is 3. The van der Waals surface area contributed by atoms with E-state index < -0.39 is 5.91 Å². The van der Waals surface area contributed by atoms with Crippen molar-refractivity contribution in [2.24, 2.45) is 23.7 Å². The van der Waals surface area contributed by atoms with E-state index in [1.165, 1.54) is 5.01 Å². The lowest BCUT2D eigenvalue weighted by molar-refractivity contribution is -0.156. The predicted octanol–water partition coefficient (Wildman–Crippen LogP) is 5.24. The number of hydrazine groups is 1. The van der Waals surface area contributed by atoms with Gasteiger partial charge in [0.05, 0.1) is 39.0 Å². The number of amides is 3. The molecule has 2 aromatic rings. The van der Waals surface area contributed by atoms with E-state index in [-0.39, 0.29) is 52.6 Å². The Labute approximate surface area is 194 Å². The van der Waals surface area contributed by atoms with Crippen LogP contribution in [0.2, 0.25) is 15.1 Å². The molecule has 1 aliphatic heterocycles. The minimum absolute atomic E-state index is 0.00675. The van der Waals surface area contributed by atoms with E-state index in [9.17, 15) is 14.4 Å². The summed E-state index contributed by atoms with van der Waals surface area (Å²) in [7, 11) is 0. The van der Waals surface area contributed by atoms with Gasteiger partial charge in [-0.3, -0.25) is 14.4 Å². The molecular weight excluding hydrogens is 459 g/mol. The molecule has 2 saturated carbocycles. The molecule has 2 bridgehead atoms. The van der Waals surface area contributed by atoms with Crippen molar-refractivity contribution in [1.82, 2.24) is 10.0 Å². The Morgan fingerprint density at radius 1 is 0.903 bits per heavy atom. The lowest BCUT2D eigenvalue weighted by Gasteiger charge is -2.31. The molecule has 0 radical (unpaired) electrons. The van der Waals surface area contributed by atoms with E-state index in [4.69, 9.17) is 34.8 Å². The lowest BCUT2D eigenvalue weighted by atomic mass is 9.81. The fourth-order valence-electron chi connectivity index (χ4n) is 5.45. The Morgan fingerprint density at radius 3 is 2.16 bits per heavy atom. The van der Waals surface area contributed by atoms with Crippen LogP contribution in [0.15, 0.2) is 42.5 Å². The molecule has 4 atom stereocenters. The molecule has 3 amide bonds. The SMILES string of the molecule is O=C(c1ccccc1Cl)N(Cc1ccc(Cl)c(Cl)c1)N1C(=O)[C@H]2[C@H]3CC[C@@H](C3)[C@@H]2C1=O. The number of carbonyl (C=O) groups excluding carboxylic acids is 3. The van der Waals surface area contributed by atoms with Gasteiger partial charge in [-0.1, -0.05) is 53.0 Å². The second-order valence-electron chi connectivity index (χ2n) is 8.46. The first-order chi connectivity index (χ1) is 14.9. The maximum Gasteiger partial charge on any atom is 0.274 e. The summed E-state index contributed by atoms with van der Waals surface area (Å²) in [5.74, 6) is -1.31. The standard InChI is InChI=1S/C23H19Cl3N2O3/c24-16-4-2-1-3-15(16)21(29)27(11-12-5-8-17(25)18(26)9-12)28-22(30)19-13-6-7-14(10-13)20(19)23(28)31/h1-5,8-9,13-14,19-20H,6-7,10-11H2/t13-,14-,19-,20-/m0/s1. The Hall–Kier alpha value is -2.08. The number of benzene rings is 2. The quantitative estimate of drug-likeness (QED) is 0.566. The van der Waals surface area contributed by atoms with Crippen LogP contribution >= 0.6 is 34.8 Å². The largest absolute Gasteiger partial charge is 0.274 e. The van der Waals surface area contributed by atoms with Gasteiger partial charge in [-0.05, 0) is 60.9 Å². The van der Waals surface area contributed by atoms with Gasteiger partial charge in [0, 0.05) is 0 Å². The molecule has 160 valence electrons. The molecule has 3 aliphatic rings. The zero-order valence-corrected chi connectivity index (χ0v) is 18.7. The third-order valence-electron chi connectivity index (χ3n) is 6.80. The average molecular weight is 478 g/mol. The van der Waals surface area contributed by atoms with Crippen molar-refractivity contribution in [2.45, 2.75) is 25.8 Å². The number of hydrogen-bond acceptors (Lipinski definition) is 3. The van der Waals surface area contributed by atoms with Crippen molar-refractivity contribution in [2.75, 3.05) is 0 Å². The molecule has 0 N–H and O–H groups in total. The smallest absolute Gasteiger partial charge is 0.272 e. The van der Waals surface area contributed by atoms with Crippen molar-refractivity contribution in [1.29, 1.82) is 0 Å². The summed E-state index contributed by atoms with van der Waals surface area (Å²) in [5.41, 5.74) is 0.875. The second kappa shape index (κ2) is 7.80. The number of fused-ring (bicyclic) bond motifs is 5. The van der Waals surface area contributed by atoms with Crippen molar-refractivity contribution in [3.05, 3.63) is 68.7 Å². The van der Waals surface area contributed by atoms with Crippen LogP contribution in [0.4, 0.5) is 0 Å². The maximum absolute atomic E-state index is 13.5. The maximum atomic E-state index is 13.5. The zero-order valence-electron chi connectivity index (χ0n) is 16.4. The van der Waals surface area contributed by atoms with E-state index >= 15 is 0 Å². The number of nitrogens with zero attached hydrogens (tertiary/aromatic N) is 2. The minimum atomic E-state index is -0.509. The molecule has 0 aromatic heterocycles. The first-order valence-corrected chi connectivity index (χ1v) is 11.4. The number of halogens is 3. The molecular formula is C23H19Cl3N2O3. The summed E-state index contributed by atoms with van der Waals surface area (Å²) in [6.07, 6.45) is 2.85. The van der Waals surface area contributed by atoms with Gasteiger partial charge in [0.25, 0.3) is 17.7 Å². The number of imide groups is 1. The van der Waals surface area contributed by atoms with Gasteiger partial charge in [-0.2, -0.15) is 5.01 Å². The Balaban J connectivity index is 1.54. The van der Waals surface area contributed by atoms with Crippen LogP contribution in [-0.4, -0.2) is 27.7 Å². The molecule has 2 aliphatic carbocycles. The highest BCUT2D eigenvalue weighted by Gasteiger charge is 2.62. The van der Waals surface area contributed by atoms with Crippen molar-refractivity contribution in [3.63, 3.8) is 0 Å². The van der Waals surface area contributed by atoms with Crippen LogP contribution in [-0.2, 0) is 16.1 Å². The molecule has 0 unspecified atom stereocenters. The van der Waals surface area contributed by atoms with Crippen LogP contribution in [0.5, 0.6) is 0 Å². The average Bonchev–Trinajstić information content (AvgIpc) is 3.43. The molecule has 5 nitrogen and oxygen atoms in total. The molecule has 0 spiro atoms. The molecule has 3 fully saturated rings. The highest BCUT2D eigenvalue weighted by atomic mass is 35.5. The normalized spacial score (nSPS) is 26.5. The van der Waals surface area contributed by atoms with Crippen LogP contribution in [0.1, 0.15) is 35.2 Å². The highest BCUT2D eigenvalue weighted by Crippen LogP contribution is 2.56. The summed E-state index contributed by atoms with van der Waals surface area (Å²) in [4.78, 5) is 40.3. The third-order valence-corrected chi connectivity index (χ3v) is 7.87. The van der Waals surface area contributed by atoms with E-state index in [0.717, 1.165) is 24.3 Å². The van der Waals surface area contributed by atoms with Crippen LogP contribution in [0.25, 0.3) is 0 Å². The minimum Gasteiger partial charge on any atom is -0.272 e. The number of rotatable bonds is 4. The first-order valence-electron chi connectivity index (χ1n) is 10.2. The van der Waals surface area contributed by atoms with Crippen LogP contribution in [0, 0.1) is 23.7 Å². The summed E-state index contributed by atoms with van der Waals surface area (Å²) in [5, 5.41) is 3.25. The fourth-order valence-corrected chi connectivity index (χ4v) is 5.99.